The fourth-order valence-corrected chi connectivity index (χ4v) is 13.5. The van der Waals surface area contributed by atoms with Crippen molar-refractivity contribution in [1.82, 2.24) is 0 Å². The Balaban J connectivity index is 4.41. The van der Waals surface area contributed by atoms with Crippen LogP contribution in [0.4, 0.5) is 0 Å². The Hall–Kier alpha value is -3.79. The van der Waals surface area contributed by atoms with Crippen LogP contribution in [0.3, 0.4) is 0 Å². The van der Waals surface area contributed by atoms with Crippen LogP contribution in [0.2, 0.25) is 0 Å². The summed E-state index contributed by atoms with van der Waals surface area (Å²) >= 11 is 0. The molecule has 4 N–H and O–H groups in total. The van der Waals surface area contributed by atoms with Gasteiger partial charge in [0.1, 0.15) is 25.4 Å². The van der Waals surface area contributed by atoms with Crippen LogP contribution in [-0.4, -0.2) is 95.9 Å². The number of esters is 3. The van der Waals surface area contributed by atoms with Gasteiger partial charge in [0.2, 0.25) is 0 Å². The van der Waals surface area contributed by atoms with E-state index in [1.54, 1.807) is 0 Å². The topological polar surface area (TPSA) is 231 Å². The van der Waals surface area contributed by atoms with Crippen LogP contribution in [0.5, 0.6) is 0 Å². The molecule has 0 saturated heterocycles. The Morgan fingerprint density at radius 1 is 0.271 bits per heavy atom. The average molecular weight is 1550 g/mol. The predicted octanol–water partition coefficient (Wildman–Crippen LogP) is 25.9. The maximum atomic E-state index is 13.0. The number of allylic oxidation sites excluding steroid dienone is 18. The second kappa shape index (κ2) is 81.7. The van der Waals surface area contributed by atoms with E-state index in [9.17, 15) is 43.5 Å². The van der Waals surface area contributed by atoms with E-state index in [0.717, 1.165) is 128 Å². The standard InChI is InChI=1S/C89H158O16P2/c1-4-7-10-13-16-19-22-25-28-30-32-34-35-36-37-38-39-40-41-42-43-44-45-46-47-49-51-52-55-57-60-63-66-69-72-75-87(92)99-78-84(90)79-101-106(95,96)102-80-85(91)81-103-107(97,98)104-83-86(105-89(94)77-74-71-68-65-62-59-54-27-24-21-18-15-12-9-6-3)82-100-88(93)76-73-70-67-64-61-58-56-53-50-48-33-31-29-26-23-20-17-14-11-8-5-2/h7,10,16-17,19-20,25-26,28-29,32-34,36-37,48,53,56,84-86,90-91H,4-6,8-9,11-15,18,21-24,27,30-31,35,38-47,49-52,54-55,57-83H2,1-3H3,(H,95,96)(H,97,98)/b10-7-,19-16-,20-17-,28-25-,29-26-,34-32-,37-36-,48-33-,56-53-. The number of carbonyl (C=O) groups is 3. The van der Waals surface area contributed by atoms with Crippen molar-refractivity contribution in [2.75, 3.05) is 39.6 Å². The van der Waals surface area contributed by atoms with Crippen LogP contribution in [0, 0.1) is 0 Å². The number of hydrogen-bond acceptors (Lipinski definition) is 14. The van der Waals surface area contributed by atoms with Crippen LogP contribution in [0.25, 0.3) is 0 Å². The second-order valence-corrected chi connectivity index (χ2v) is 31.9. The van der Waals surface area contributed by atoms with Gasteiger partial charge in [0.25, 0.3) is 0 Å². The number of unbranched alkanes of at least 4 members (excludes halogenated alkanes) is 41. The highest BCUT2D eigenvalue weighted by atomic mass is 31.2. The monoisotopic (exact) mass is 1550 g/mol. The zero-order valence-electron chi connectivity index (χ0n) is 68.0. The maximum Gasteiger partial charge on any atom is 0.472 e. The van der Waals surface area contributed by atoms with Gasteiger partial charge in [0.05, 0.1) is 26.4 Å². The Bertz CT molecular complexity index is 2380. The van der Waals surface area contributed by atoms with Crippen molar-refractivity contribution >= 4 is 33.6 Å². The van der Waals surface area contributed by atoms with Crippen molar-refractivity contribution < 1.29 is 75.8 Å². The molecule has 5 unspecified atom stereocenters. The Morgan fingerprint density at radius 2 is 0.495 bits per heavy atom. The number of phosphoric acid groups is 2. The van der Waals surface area contributed by atoms with Gasteiger partial charge in [-0.25, -0.2) is 9.13 Å². The van der Waals surface area contributed by atoms with Gasteiger partial charge in [-0.1, -0.05) is 361 Å². The first kappa shape index (κ1) is 103. The van der Waals surface area contributed by atoms with Gasteiger partial charge >= 0.3 is 33.6 Å². The average Bonchev–Trinajstić information content (AvgIpc) is 0.906. The molecule has 0 aliphatic rings. The summed E-state index contributed by atoms with van der Waals surface area (Å²) in [5.41, 5.74) is 0. The van der Waals surface area contributed by atoms with Crippen LogP contribution >= 0.6 is 15.6 Å². The van der Waals surface area contributed by atoms with Crippen molar-refractivity contribution in [3.63, 3.8) is 0 Å². The summed E-state index contributed by atoms with van der Waals surface area (Å²) < 4.78 is 61.3. The lowest BCUT2D eigenvalue weighted by atomic mass is 10.0. The lowest BCUT2D eigenvalue weighted by molar-refractivity contribution is -0.161. The molecule has 107 heavy (non-hydrogen) atoms. The molecule has 0 heterocycles. The minimum atomic E-state index is -4.93. The Labute approximate surface area is 653 Å². The largest absolute Gasteiger partial charge is 0.472 e. The van der Waals surface area contributed by atoms with Crippen molar-refractivity contribution in [2.45, 2.75) is 399 Å². The molecular formula is C89H158O16P2. The highest BCUT2D eigenvalue weighted by Gasteiger charge is 2.29. The van der Waals surface area contributed by atoms with Crippen LogP contribution < -0.4 is 0 Å². The Kier molecular flexibility index (Phi) is 78.8. The van der Waals surface area contributed by atoms with E-state index in [4.69, 9.17) is 32.3 Å². The zero-order valence-corrected chi connectivity index (χ0v) is 69.8. The quantitative estimate of drug-likeness (QED) is 0.0146. The summed E-state index contributed by atoms with van der Waals surface area (Å²) in [6.07, 6.45) is 97.2. The lowest BCUT2D eigenvalue weighted by Gasteiger charge is -2.21. The molecule has 0 fully saturated rings. The lowest BCUT2D eigenvalue weighted by Crippen LogP contribution is -2.30. The van der Waals surface area contributed by atoms with Gasteiger partial charge < -0.3 is 34.2 Å². The van der Waals surface area contributed by atoms with Gasteiger partial charge in [0.15, 0.2) is 6.10 Å². The van der Waals surface area contributed by atoms with Crippen molar-refractivity contribution in [1.29, 1.82) is 0 Å². The van der Waals surface area contributed by atoms with Crippen molar-refractivity contribution in [3.05, 3.63) is 109 Å². The predicted molar refractivity (Wildman–Crippen MR) is 445 cm³/mol. The summed E-state index contributed by atoms with van der Waals surface area (Å²) in [7, 11) is -9.79. The van der Waals surface area contributed by atoms with E-state index in [2.05, 4.69) is 130 Å². The molecule has 0 aromatic carbocycles. The van der Waals surface area contributed by atoms with Gasteiger partial charge in [0, 0.05) is 19.3 Å². The number of ether oxygens (including phenoxy) is 3. The summed E-state index contributed by atoms with van der Waals surface area (Å²) in [5.74, 6) is -1.58. The first-order chi connectivity index (χ1) is 52.2. The van der Waals surface area contributed by atoms with E-state index in [1.165, 1.54) is 193 Å². The van der Waals surface area contributed by atoms with Crippen LogP contribution in [-0.2, 0) is 55.8 Å². The molecule has 0 aliphatic carbocycles. The molecular weight excluding hydrogens is 1390 g/mol. The molecule has 0 bridgehead atoms. The molecule has 0 spiro atoms. The smallest absolute Gasteiger partial charge is 0.463 e. The fraction of sp³-hybridized carbons (Fsp3) is 0.764. The van der Waals surface area contributed by atoms with E-state index in [-0.39, 0.29) is 19.3 Å². The molecule has 620 valence electrons. The molecule has 0 aromatic rings. The third-order valence-corrected chi connectivity index (χ3v) is 20.4. The molecule has 0 saturated carbocycles. The number of hydrogen-bond donors (Lipinski definition) is 4. The number of aliphatic hydroxyl groups is 2. The summed E-state index contributed by atoms with van der Waals surface area (Å²) in [5, 5.41) is 20.7. The van der Waals surface area contributed by atoms with Gasteiger partial charge in [-0.2, -0.15) is 0 Å². The number of aliphatic hydroxyl groups excluding tert-OH is 2. The molecule has 0 aliphatic heterocycles. The fourth-order valence-electron chi connectivity index (χ4n) is 11.9. The van der Waals surface area contributed by atoms with Gasteiger partial charge in [-0.05, 0) is 109 Å². The molecule has 0 radical (unpaired) electrons. The molecule has 18 heteroatoms. The maximum absolute atomic E-state index is 13.0. The minimum absolute atomic E-state index is 0.104. The summed E-state index contributed by atoms with van der Waals surface area (Å²) in [6.45, 7) is 2.58. The third-order valence-electron chi connectivity index (χ3n) is 18.5. The molecule has 0 amide bonds. The van der Waals surface area contributed by atoms with Gasteiger partial charge in [-0.15, -0.1) is 0 Å². The van der Waals surface area contributed by atoms with Crippen molar-refractivity contribution in [2.24, 2.45) is 0 Å². The van der Waals surface area contributed by atoms with Crippen LogP contribution in [0.1, 0.15) is 380 Å². The second-order valence-electron chi connectivity index (χ2n) is 29.0. The number of carbonyl (C=O) groups excluding carboxylic acids is 3. The number of phosphoric ester groups is 2. The van der Waals surface area contributed by atoms with E-state index < -0.39 is 91.5 Å². The molecule has 0 rings (SSSR count). The summed E-state index contributed by atoms with van der Waals surface area (Å²) in [4.78, 5) is 58.7. The number of rotatable bonds is 82. The molecule has 5 atom stereocenters. The minimum Gasteiger partial charge on any atom is -0.463 e. The normalized spacial score (nSPS) is 14.4. The highest BCUT2D eigenvalue weighted by Crippen LogP contribution is 2.45. The highest BCUT2D eigenvalue weighted by molar-refractivity contribution is 7.47. The molecule has 16 nitrogen and oxygen atoms in total. The Morgan fingerprint density at radius 3 is 0.804 bits per heavy atom. The van der Waals surface area contributed by atoms with Crippen LogP contribution in [0.15, 0.2) is 109 Å². The van der Waals surface area contributed by atoms with E-state index in [1.807, 2.05) is 0 Å². The van der Waals surface area contributed by atoms with E-state index >= 15 is 0 Å². The first-order valence-corrected chi connectivity index (χ1v) is 46.2. The first-order valence-electron chi connectivity index (χ1n) is 43.2. The van der Waals surface area contributed by atoms with E-state index in [0.29, 0.717) is 19.3 Å². The SMILES string of the molecule is CC/C=C\C/C=C\C/C=C\C/C=C\C/C=C\CCCCCCCCCCCCCCCCCCCCCC(=O)OCC(O)COP(=O)(O)OCC(O)COP(=O)(O)OCC(COC(=O)CCCCCCC/C=C\C/C=C\C/C=C\C/C=C\CCCCC)OC(=O)CCCCCCCCCCCCCCCCC. The van der Waals surface area contributed by atoms with Crippen molar-refractivity contribution in [3.8, 4) is 0 Å². The molecule has 0 aromatic heterocycles. The van der Waals surface area contributed by atoms with Gasteiger partial charge in [-0.3, -0.25) is 32.5 Å². The zero-order chi connectivity index (χ0) is 78.0. The summed E-state index contributed by atoms with van der Waals surface area (Å²) in [6, 6.07) is 0. The third kappa shape index (κ3) is 83.0.